The maximum atomic E-state index is 12.7. The number of likely N-dealkylation sites (N-methyl/N-ethyl adjacent to an activating group) is 1. The van der Waals surface area contributed by atoms with Crippen molar-refractivity contribution in [3.8, 4) is 5.75 Å². The molecule has 0 amide bonds. The van der Waals surface area contributed by atoms with E-state index in [2.05, 4.69) is 0 Å². The number of benzene rings is 1. The number of hydrogen-bond donors (Lipinski definition) is 0. The van der Waals surface area contributed by atoms with E-state index in [4.69, 9.17) is 4.74 Å². The van der Waals surface area contributed by atoms with Crippen molar-refractivity contribution in [2.75, 3.05) is 27.2 Å². The zero-order valence-electron chi connectivity index (χ0n) is 13.0. The molecule has 0 spiro atoms. The second-order valence-electron chi connectivity index (χ2n) is 5.39. The molecular weight excluding hydrogens is 332 g/mol. The van der Waals surface area contributed by atoms with E-state index in [0.717, 1.165) is 11.9 Å². The Bertz CT molecular complexity index is 897. The van der Waals surface area contributed by atoms with Gasteiger partial charge in [0.2, 0.25) is 0 Å². The largest absolute Gasteiger partial charge is 0.492 e. The van der Waals surface area contributed by atoms with Crippen molar-refractivity contribution in [3.63, 3.8) is 0 Å². The average molecular weight is 350 g/mol. The van der Waals surface area contributed by atoms with Crippen LogP contribution >= 0.6 is 11.3 Å². The van der Waals surface area contributed by atoms with Crippen LogP contribution in [0.1, 0.15) is 0 Å². The highest BCUT2D eigenvalue weighted by Gasteiger charge is 2.20. The van der Waals surface area contributed by atoms with Crippen molar-refractivity contribution in [1.29, 1.82) is 0 Å². The fourth-order valence-corrected chi connectivity index (χ4v) is 4.72. The van der Waals surface area contributed by atoms with Gasteiger partial charge in [-0.15, -0.1) is 11.3 Å². The highest BCUT2D eigenvalue weighted by Crippen LogP contribution is 2.30. The van der Waals surface area contributed by atoms with Gasteiger partial charge < -0.3 is 9.64 Å². The molecule has 2 aromatic heterocycles. The van der Waals surface area contributed by atoms with Crippen molar-refractivity contribution < 1.29 is 13.2 Å². The first-order valence-corrected chi connectivity index (χ1v) is 9.49. The van der Waals surface area contributed by atoms with E-state index in [1.165, 1.54) is 15.3 Å². The first-order chi connectivity index (χ1) is 11.0. The lowest BCUT2D eigenvalue weighted by atomic mass is 10.2. The quantitative estimate of drug-likeness (QED) is 0.686. The number of rotatable bonds is 6. The third-order valence-electron chi connectivity index (χ3n) is 3.46. The molecule has 122 valence electrons. The van der Waals surface area contributed by atoms with Gasteiger partial charge in [0, 0.05) is 18.1 Å². The third kappa shape index (κ3) is 3.12. The SMILES string of the molecule is CN(C)CCOc1cccc2c1ccn2S(=O)(=O)c1cccs1. The standard InChI is InChI=1S/C16H18N2O3S2/c1-17(2)10-11-21-15-6-3-5-14-13(15)8-9-18(14)23(19,20)16-7-4-12-22-16/h3-9,12H,10-11H2,1-2H3. The molecule has 7 heteroatoms. The molecule has 0 fully saturated rings. The fraction of sp³-hybridized carbons (Fsp3) is 0.250. The summed E-state index contributed by atoms with van der Waals surface area (Å²) in [5.74, 6) is 0.699. The molecule has 2 heterocycles. The lowest BCUT2D eigenvalue weighted by Gasteiger charge is -2.12. The summed E-state index contributed by atoms with van der Waals surface area (Å²) in [7, 11) is 0.402. The Balaban J connectivity index is 1.99. The van der Waals surface area contributed by atoms with Gasteiger partial charge in [-0.2, -0.15) is 8.42 Å². The monoisotopic (exact) mass is 350 g/mol. The minimum Gasteiger partial charge on any atom is -0.492 e. The summed E-state index contributed by atoms with van der Waals surface area (Å²) in [6.07, 6.45) is 1.58. The van der Waals surface area contributed by atoms with Crippen LogP contribution in [0.3, 0.4) is 0 Å². The maximum Gasteiger partial charge on any atom is 0.277 e. The Hall–Kier alpha value is -1.83. The summed E-state index contributed by atoms with van der Waals surface area (Å²) in [5, 5.41) is 2.56. The van der Waals surface area contributed by atoms with Crippen LogP contribution in [0.25, 0.3) is 10.9 Å². The molecule has 0 aliphatic rings. The lowest BCUT2D eigenvalue weighted by molar-refractivity contribution is 0.263. The van der Waals surface area contributed by atoms with Crippen LogP contribution in [-0.2, 0) is 10.0 Å². The summed E-state index contributed by atoms with van der Waals surface area (Å²) in [6.45, 7) is 1.35. The van der Waals surface area contributed by atoms with Crippen LogP contribution in [0.4, 0.5) is 0 Å². The zero-order chi connectivity index (χ0) is 16.4. The zero-order valence-corrected chi connectivity index (χ0v) is 14.6. The molecule has 0 aliphatic heterocycles. The van der Waals surface area contributed by atoms with E-state index >= 15 is 0 Å². The Morgan fingerprint density at radius 2 is 2.00 bits per heavy atom. The number of hydrogen-bond acceptors (Lipinski definition) is 5. The van der Waals surface area contributed by atoms with Crippen molar-refractivity contribution in [1.82, 2.24) is 8.87 Å². The van der Waals surface area contributed by atoms with E-state index in [0.29, 0.717) is 22.1 Å². The smallest absolute Gasteiger partial charge is 0.277 e. The fourth-order valence-electron chi connectivity index (χ4n) is 2.30. The van der Waals surface area contributed by atoms with Crippen LogP contribution in [-0.4, -0.2) is 44.5 Å². The molecule has 0 bridgehead atoms. The molecule has 1 aromatic carbocycles. The van der Waals surface area contributed by atoms with Crippen LogP contribution in [0, 0.1) is 0 Å². The molecule has 0 unspecified atom stereocenters. The molecular formula is C16H18N2O3S2. The van der Waals surface area contributed by atoms with Gasteiger partial charge in [0.25, 0.3) is 10.0 Å². The van der Waals surface area contributed by atoms with Gasteiger partial charge in [-0.3, -0.25) is 0 Å². The van der Waals surface area contributed by atoms with Crippen molar-refractivity contribution in [2.45, 2.75) is 4.21 Å². The van der Waals surface area contributed by atoms with E-state index in [1.54, 1.807) is 35.8 Å². The highest BCUT2D eigenvalue weighted by molar-refractivity contribution is 7.92. The molecule has 0 N–H and O–H groups in total. The highest BCUT2D eigenvalue weighted by atomic mass is 32.2. The average Bonchev–Trinajstić information content (AvgIpc) is 3.17. The summed E-state index contributed by atoms with van der Waals surface area (Å²) in [6, 6.07) is 10.6. The summed E-state index contributed by atoms with van der Waals surface area (Å²) in [5.41, 5.74) is 0.626. The van der Waals surface area contributed by atoms with Gasteiger partial charge in [0.05, 0.1) is 5.52 Å². The first-order valence-electron chi connectivity index (χ1n) is 7.17. The van der Waals surface area contributed by atoms with Crippen molar-refractivity contribution in [2.24, 2.45) is 0 Å². The van der Waals surface area contributed by atoms with Gasteiger partial charge in [0.15, 0.2) is 0 Å². The second kappa shape index (κ2) is 6.35. The molecule has 3 rings (SSSR count). The second-order valence-corrected chi connectivity index (χ2v) is 8.38. The first kappa shape index (κ1) is 16.0. The number of fused-ring (bicyclic) bond motifs is 1. The van der Waals surface area contributed by atoms with E-state index in [-0.39, 0.29) is 0 Å². The number of thiophene rings is 1. The van der Waals surface area contributed by atoms with Gasteiger partial charge in [-0.1, -0.05) is 12.1 Å². The lowest BCUT2D eigenvalue weighted by Crippen LogP contribution is -2.19. The minimum atomic E-state index is -3.56. The maximum absolute atomic E-state index is 12.7. The van der Waals surface area contributed by atoms with Gasteiger partial charge in [-0.05, 0) is 43.7 Å². The van der Waals surface area contributed by atoms with E-state index in [9.17, 15) is 8.42 Å². The van der Waals surface area contributed by atoms with Crippen LogP contribution in [0.5, 0.6) is 5.75 Å². The number of nitrogens with zero attached hydrogens (tertiary/aromatic N) is 2. The Morgan fingerprint density at radius 1 is 1.17 bits per heavy atom. The van der Waals surface area contributed by atoms with Crippen LogP contribution in [0.2, 0.25) is 0 Å². The predicted octanol–water partition coefficient (Wildman–Crippen LogP) is 2.88. The summed E-state index contributed by atoms with van der Waals surface area (Å²) < 4.78 is 32.9. The summed E-state index contributed by atoms with van der Waals surface area (Å²) in [4.78, 5) is 2.03. The molecule has 3 aromatic rings. The minimum absolute atomic E-state index is 0.328. The molecule has 0 saturated heterocycles. The molecule has 23 heavy (non-hydrogen) atoms. The van der Waals surface area contributed by atoms with Gasteiger partial charge in [-0.25, -0.2) is 3.97 Å². The van der Waals surface area contributed by atoms with Gasteiger partial charge >= 0.3 is 0 Å². The Morgan fingerprint density at radius 3 is 2.70 bits per heavy atom. The topological polar surface area (TPSA) is 51.5 Å². The van der Waals surface area contributed by atoms with Crippen LogP contribution in [0.15, 0.2) is 52.2 Å². The van der Waals surface area contributed by atoms with E-state index in [1.807, 2.05) is 31.1 Å². The summed E-state index contributed by atoms with van der Waals surface area (Å²) >= 11 is 1.21. The van der Waals surface area contributed by atoms with Crippen molar-refractivity contribution >= 4 is 32.3 Å². The van der Waals surface area contributed by atoms with Gasteiger partial charge in [0.1, 0.15) is 16.6 Å². The van der Waals surface area contributed by atoms with E-state index < -0.39 is 10.0 Å². The molecule has 0 saturated carbocycles. The molecule has 0 radical (unpaired) electrons. The van der Waals surface area contributed by atoms with Crippen molar-refractivity contribution in [3.05, 3.63) is 48.0 Å². The Labute approximate surface area is 139 Å². The predicted molar refractivity (Wildman–Crippen MR) is 92.9 cm³/mol. The molecule has 0 aliphatic carbocycles. The normalized spacial score (nSPS) is 12.1. The molecule has 0 atom stereocenters. The Kier molecular flexibility index (Phi) is 4.43. The molecule has 5 nitrogen and oxygen atoms in total. The van der Waals surface area contributed by atoms with Crippen LogP contribution < -0.4 is 4.74 Å². The third-order valence-corrected chi connectivity index (χ3v) is 6.52. The number of ether oxygens (including phenoxy) is 1. The number of aromatic nitrogens is 1.